The minimum Gasteiger partial charge on any atom is -0.497 e. The van der Waals surface area contributed by atoms with E-state index in [4.69, 9.17) is 23.4 Å². The van der Waals surface area contributed by atoms with Crippen LogP contribution in [0.5, 0.6) is 5.75 Å². The number of esters is 1. The minimum absolute atomic E-state index is 0.00307. The molecule has 1 unspecified atom stereocenters. The van der Waals surface area contributed by atoms with E-state index in [-0.39, 0.29) is 40.8 Å². The molecule has 1 aliphatic rings. The standard InChI is InChI=1S/C28H48O6Si/c1-21(29)32-16-15-25(33-20-31-19-22-11-13-23(30-8)14-12-22)28(7)18-24(17-27(28,5)6)34-35(9,10)26(2,3)4/h11-14,24-25H,15-20H2,1-10H3/t24-,25?,28-/m0/s1. The zero-order valence-corrected chi connectivity index (χ0v) is 24.7. The maximum Gasteiger partial charge on any atom is 0.302 e. The van der Waals surface area contributed by atoms with E-state index in [0.717, 1.165) is 24.2 Å². The Hall–Kier alpha value is -1.41. The van der Waals surface area contributed by atoms with Crippen LogP contribution in [0.25, 0.3) is 0 Å². The molecule has 1 aromatic rings. The van der Waals surface area contributed by atoms with Crippen molar-refractivity contribution in [3.63, 3.8) is 0 Å². The van der Waals surface area contributed by atoms with Crippen LogP contribution in [0.2, 0.25) is 18.1 Å². The van der Waals surface area contributed by atoms with Crippen molar-refractivity contribution in [2.75, 3.05) is 20.5 Å². The van der Waals surface area contributed by atoms with Gasteiger partial charge >= 0.3 is 5.97 Å². The van der Waals surface area contributed by atoms with Gasteiger partial charge in [0, 0.05) is 24.9 Å². The van der Waals surface area contributed by atoms with Gasteiger partial charge in [-0.2, -0.15) is 0 Å². The van der Waals surface area contributed by atoms with Crippen LogP contribution in [-0.2, 0) is 30.0 Å². The highest BCUT2D eigenvalue weighted by atomic mass is 28.4. The Morgan fingerprint density at radius 3 is 2.29 bits per heavy atom. The Balaban J connectivity index is 2.08. The zero-order chi connectivity index (χ0) is 26.5. The second-order valence-electron chi connectivity index (χ2n) is 12.3. The first-order valence-corrected chi connectivity index (χ1v) is 15.7. The van der Waals surface area contributed by atoms with E-state index in [0.29, 0.717) is 19.6 Å². The molecule has 6 nitrogen and oxygen atoms in total. The Bertz CT molecular complexity index is 814. The van der Waals surface area contributed by atoms with Crippen molar-refractivity contribution in [3.05, 3.63) is 29.8 Å². The molecule has 0 aliphatic heterocycles. The number of rotatable bonds is 12. The van der Waals surface area contributed by atoms with Crippen molar-refractivity contribution in [2.45, 2.75) is 105 Å². The van der Waals surface area contributed by atoms with Gasteiger partial charge in [-0.25, -0.2) is 0 Å². The van der Waals surface area contributed by atoms with E-state index >= 15 is 0 Å². The van der Waals surface area contributed by atoms with Crippen LogP contribution in [-0.4, -0.2) is 47.0 Å². The molecule has 7 heteroatoms. The van der Waals surface area contributed by atoms with Crippen molar-refractivity contribution < 1.29 is 28.2 Å². The third kappa shape index (κ3) is 7.78. The van der Waals surface area contributed by atoms with E-state index in [1.165, 1.54) is 6.92 Å². The lowest BCUT2D eigenvalue weighted by Gasteiger charge is -2.44. The van der Waals surface area contributed by atoms with Crippen LogP contribution in [0.3, 0.4) is 0 Å². The highest BCUT2D eigenvalue weighted by Gasteiger charge is 2.56. The average molecular weight is 509 g/mol. The fourth-order valence-corrected chi connectivity index (χ4v) is 6.13. The number of benzene rings is 1. The fourth-order valence-electron chi connectivity index (χ4n) is 4.77. The molecule has 1 aromatic carbocycles. The molecule has 0 saturated heterocycles. The van der Waals surface area contributed by atoms with Gasteiger partial charge in [-0.15, -0.1) is 0 Å². The van der Waals surface area contributed by atoms with Crippen LogP contribution < -0.4 is 4.74 Å². The molecule has 0 radical (unpaired) electrons. The third-order valence-electron chi connectivity index (χ3n) is 8.38. The first kappa shape index (κ1) is 29.8. The lowest BCUT2D eigenvalue weighted by atomic mass is 9.65. The summed E-state index contributed by atoms with van der Waals surface area (Å²) in [5.41, 5.74) is 0.904. The lowest BCUT2D eigenvalue weighted by Crippen LogP contribution is -2.44. The quantitative estimate of drug-likeness (QED) is 0.135. The van der Waals surface area contributed by atoms with E-state index < -0.39 is 8.32 Å². The summed E-state index contributed by atoms with van der Waals surface area (Å²) in [6.07, 6.45) is 2.58. The van der Waals surface area contributed by atoms with E-state index in [9.17, 15) is 4.79 Å². The van der Waals surface area contributed by atoms with Crippen molar-refractivity contribution in [1.29, 1.82) is 0 Å². The summed E-state index contributed by atoms with van der Waals surface area (Å²) >= 11 is 0. The largest absolute Gasteiger partial charge is 0.497 e. The molecule has 0 bridgehead atoms. The number of ether oxygens (including phenoxy) is 4. The molecule has 3 atom stereocenters. The number of carbonyl (C=O) groups excluding carboxylic acids is 1. The van der Waals surface area contributed by atoms with Gasteiger partial charge in [0.15, 0.2) is 8.32 Å². The lowest BCUT2D eigenvalue weighted by molar-refractivity contribution is -0.162. The van der Waals surface area contributed by atoms with Gasteiger partial charge in [0.05, 0.1) is 26.4 Å². The molecule has 0 amide bonds. The van der Waals surface area contributed by atoms with Crippen LogP contribution >= 0.6 is 0 Å². The Labute approximate surface area is 214 Å². The van der Waals surface area contributed by atoms with Gasteiger partial charge in [-0.05, 0) is 54.1 Å². The van der Waals surface area contributed by atoms with Crippen LogP contribution in [0.4, 0.5) is 0 Å². The second kappa shape index (κ2) is 11.8. The molecule has 0 spiro atoms. The summed E-state index contributed by atoms with van der Waals surface area (Å²) in [7, 11) is -0.234. The topological polar surface area (TPSA) is 63.2 Å². The molecule has 200 valence electrons. The van der Waals surface area contributed by atoms with Gasteiger partial charge in [0.2, 0.25) is 0 Å². The first-order chi connectivity index (χ1) is 16.1. The van der Waals surface area contributed by atoms with Gasteiger partial charge in [-0.1, -0.05) is 53.7 Å². The molecule has 1 fully saturated rings. The molecular weight excluding hydrogens is 460 g/mol. The first-order valence-electron chi connectivity index (χ1n) is 12.7. The Kier molecular flexibility index (Phi) is 10.0. The zero-order valence-electron chi connectivity index (χ0n) is 23.7. The van der Waals surface area contributed by atoms with Gasteiger partial charge in [0.1, 0.15) is 12.5 Å². The van der Waals surface area contributed by atoms with Crippen molar-refractivity contribution in [1.82, 2.24) is 0 Å². The van der Waals surface area contributed by atoms with E-state index in [1.54, 1.807) is 7.11 Å². The van der Waals surface area contributed by atoms with Gasteiger partial charge < -0.3 is 23.4 Å². The van der Waals surface area contributed by atoms with Crippen molar-refractivity contribution in [2.24, 2.45) is 10.8 Å². The maximum atomic E-state index is 11.4. The van der Waals surface area contributed by atoms with Gasteiger partial charge in [0.25, 0.3) is 0 Å². The SMILES string of the molecule is COc1ccc(COCOC(CCOC(C)=O)[C@]2(C)C[C@@H](O[Si](C)(C)C(C)(C)C)CC2(C)C)cc1. The maximum absolute atomic E-state index is 11.4. The number of methoxy groups -OCH3 is 1. The molecule has 2 rings (SSSR count). The molecular formula is C28H48O6Si. The van der Waals surface area contributed by atoms with Crippen molar-refractivity contribution in [3.8, 4) is 5.75 Å². The predicted octanol–water partition coefficient (Wildman–Crippen LogP) is 6.72. The number of hydrogen-bond acceptors (Lipinski definition) is 6. The highest BCUT2D eigenvalue weighted by Crippen LogP contribution is 2.57. The Morgan fingerprint density at radius 2 is 1.74 bits per heavy atom. The summed E-state index contributed by atoms with van der Waals surface area (Å²) in [5, 5.41) is 0.163. The molecule has 35 heavy (non-hydrogen) atoms. The highest BCUT2D eigenvalue weighted by molar-refractivity contribution is 6.74. The second-order valence-corrected chi connectivity index (χ2v) is 17.1. The van der Waals surface area contributed by atoms with E-state index in [2.05, 4.69) is 54.6 Å². The molecule has 1 saturated carbocycles. The summed E-state index contributed by atoms with van der Waals surface area (Å²) in [5.74, 6) is 0.552. The monoisotopic (exact) mass is 508 g/mol. The normalized spacial score (nSPS) is 23.2. The van der Waals surface area contributed by atoms with Crippen LogP contribution in [0.15, 0.2) is 24.3 Å². The average Bonchev–Trinajstić information content (AvgIpc) is 2.96. The molecule has 0 heterocycles. The summed E-state index contributed by atoms with van der Waals surface area (Å²) in [4.78, 5) is 11.4. The fraction of sp³-hybridized carbons (Fsp3) is 0.750. The molecule has 0 N–H and O–H groups in total. The summed E-state index contributed by atoms with van der Waals surface area (Å²) in [6, 6.07) is 7.82. The smallest absolute Gasteiger partial charge is 0.302 e. The van der Waals surface area contributed by atoms with E-state index in [1.807, 2.05) is 24.3 Å². The number of hydrogen-bond donors (Lipinski definition) is 0. The predicted molar refractivity (Wildman–Crippen MR) is 142 cm³/mol. The molecule has 0 aromatic heterocycles. The minimum atomic E-state index is -1.89. The number of carbonyl (C=O) groups is 1. The van der Waals surface area contributed by atoms with Crippen LogP contribution in [0.1, 0.15) is 73.3 Å². The summed E-state index contributed by atoms with van der Waals surface area (Å²) in [6.45, 7) is 20.8. The summed E-state index contributed by atoms with van der Waals surface area (Å²) < 4.78 is 29.6. The van der Waals surface area contributed by atoms with Crippen LogP contribution in [0, 0.1) is 10.8 Å². The Morgan fingerprint density at radius 1 is 1.11 bits per heavy atom. The van der Waals surface area contributed by atoms with Gasteiger partial charge in [-0.3, -0.25) is 4.79 Å². The third-order valence-corrected chi connectivity index (χ3v) is 12.9. The molecule has 1 aliphatic carbocycles. The van der Waals surface area contributed by atoms with Crippen molar-refractivity contribution >= 4 is 14.3 Å².